The second-order valence-corrected chi connectivity index (χ2v) is 7.99. The Balaban J connectivity index is 0.000000141. The maximum Gasteiger partial charge on any atom is 0.111 e. The predicted molar refractivity (Wildman–Crippen MR) is 106 cm³/mol. The molecule has 0 N–H and O–H groups in total. The fourth-order valence-corrected chi connectivity index (χ4v) is 3.78. The number of thiophene rings is 1. The molecule has 1 aliphatic carbocycles. The van der Waals surface area contributed by atoms with Gasteiger partial charge in [0.1, 0.15) is 5.76 Å². The monoisotopic (exact) mass is 338 g/mol. The van der Waals surface area contributed by atoms with Gasteiger partial charge in [-0.05, 0) is 52.8 Å². The van der Waals surface area contributed by atoms with Crippen molar-refractivity contribution in [3.05, 3.63) is 64.4 Å². The third kappa shape index (κ3) is 3.81. The lowest BCUT2D eigenvalue weighted by molar-refractivity contribution is 0.500. The van der Waals surface area contributed by atoms with E-state index in [9.17, 15) is 0 Å². The molecular weight excluding hydrogens is 312 g/mol. The van der Waals surface area contributed by atoms with Crippen LogP contribution in [0.25, 0.3) is 16.2 Å². The lowest BCUT2D eigenvalue weighted by Crippen LogP contribution is -2.01. The molecule has 1 aromatic carbocycles. The molecule has 2 aromatic heterocycles. The summed E-state index contributed by atoms with van der Waals surface area (Å²) in [7, 11) is 0. The molecule has 0 saturated carbocycles. The first-order chi connectivity index (χ1) is 11.5. The Morgan fingerprint density at radius 2 is 1.79 bits per heavy atom. The van der Waals surface area contributed by atoms with Crippen LogP contribution in [0.4, 0.5) is 0 Å². The molecule has 0 radical (unpaired) electrons. The van der Waals surface area contributed by atoms with Gasteiger partial charge in [0.05, 0.1) is 6.26 Å². The van der Waals surface area contributed by atoms with Gasteiger partial charge in [-0.1, -0.05) is 51.5 Å². The standard InChI is InChI=1S/C11H14O.C11H12S/c2*1-8(2)9-3-4-11-10(7-9)5-6-12-11/h5-8H,3-4H2,1-2H3;3-8H,1-2H3. The van der Waals surface area contributed by atoms with Crippen molar-refractivity contribution in [1.29, 1.82) is 0 Å². The molecule has 0 aliphatic heterocycles. The van der Waals surface area contributed by atoms with Crippen molar-refractivity contribution < 1.29 is 4.42 Å². The molecule has 1 aliphatic rings. The first kappa shape index (κ1) is 17.0. The van der Waals surface area contributed by atoms with E-state index in [2.05, 4.69) is 69.5 Å². The molecule has 2 heteroatoms. The van der Waals surface area contributed by atoms with Crippen LogP contribution in [0.2, 0.25) is 0 Å². The summed E-state index contributed by atoms with van der Waals surface area (Å²) in [5, 5.41) is 3.53. The van der Waals surface area contributed by atoms with Crippen molar-refractivity contribution in [1.82, 2.24) is 0 Å². The van der Waals surface area contributed by atoms with Crippen molar-refractivity contribution in [3.63, 3.8) is 0 Å². The summed E-state index contributed by atoms with van der Waals surface area (Å²) in [6.45, 7) is 8.95. The van der Waals surface area contributed by atoms with Gasteiger partial charge in [-0.3, -0.25) is 0 Å². The second-order valence-electron chi connectivity index (χ2n) is 7.05. The summed E-state index contributed by atoms with van der Waals surface area (Å²) in [5.74, 6) is 2.46. The highest BCUT2D eigenvalue weighted by molar-refractivity contribution is 7.17. The zero-order chi connectivity index (χ0) is 17.1. The molecule has 24 heavy (non-hydrogen) atoms. The van der Waals surface area contributed by atoms with Gasteiger partial charge in [0.2, 0.25) is 0 Å². The minimum absolute atomic E-state index is 0.634. The molecule has 0 spiro atoms. The predicted octanol–water partition coefficient (Wildman–Crippen LogP) is 7.29. The average molecular weight is 339 g/mol. The zero-order valence-corrected chi connectivity index (χ0v) is 15.8. The van der Waals surface area contributed by atoms with Crippen molar-refractivity contribution >= 4 is 27.5 Å². The second kappa shape index (κ2) is 7.40. The average Bonchev–Trinajstić information content (AvgIpc) is 3.22. The molecule has 1 nitrogen and oxygen atoms in total. The van der Waals surface area contributed by atoms with Gasteiger partial charge in [0, 0.05) is 16.7 Å². The highest BCUT2D eigenvalue weighted by Crippen LogP contribution is 2.28. The zero-order valence-electron chi connectivity index (χ0n) is 15.0. The summed E-state index contributed by atoms with van der Waals surface area (Å²) >= 11 is 1.81. The quantitative estimate of drug-likeness (QED) is 0.478. The van der Waals surface area contributed by atoms with Crippen LogP contribution in [-0.2, 0) is 6.42 Å². The molecule has 3 aromatic rings. The van der Waals surface area contributed by atoms with E-state index >= 15 is 0 Å². The Hall–Kier alpha value is -1.80. The number of allylic oxidation sites excluding steroid dienone is 1. The number of rotatable bonds is 2. The molecule has 4 rings (SSSR count). The van der Waals surface area contributed by atoms with E-state index < -0.39 is 0 Å². The number of hydrogen-bond acceptors (Lipinski definition) is 2. The summed E-state index contributed by atoms with van der Waals surface area (Å²) in [5.41, 5.74) is 4.26. The molecule has 0 bridgehead atoms. The van der Waals surface area contributed by atoms with E-state index in [4.69, 9.17) is 4.42 Å². The van der Waals surface area contributed by atoms with E-state index in [1.54, 1.807) is 11.8 Å². The van der Waals surface area contributed by atoms with Crippen LogP contribution in [0.15, 0.2) is 52.0 Å². The lowest BCUT2D eigenvalue weighted by Gasteiger charge is -2.15. The van der Waals surface area contributed by atoms with Crippen molar-refractivity contribution in [2.45, 2.75) is 46.5 Å². The van der Waals surface area contributed by atoms with Crippen LogP contribution in [0, 0.1) is 5.92 Å². The minimum Gasteiger partial charge on any atom is -0.469 e. The van der Waals surface area contributed by atoms with Gasteiger partial charge < -0.3 is 4.42 Å². The van der Waals surface area contributed by atoms with Crippen molar-refractivity contribution in [3.8, 4) is 0 Å². The number of benzene rings is 1. The normalized spacial score (nSPS) is 13.7. The third-order valence-corrected chi connectivity index (χ3v) is 5.54. The number of furan rings is 1. The van der Waals surface area contributed by atoms with Crippen molar-refractivity contribution in [2.24, 2.45) is 5.92 Å². The van der Waals surface area contributed by atoms with Gasteiger partial charge in [0.15, 0.2) is 0 Å². The largest absolute Gasteiger partial charge is 0.469 e. The summed E-state index contributed by atoms with van der Waals surface area (Å²) in [6, 6.07) is 11.0. The topological polar surface area (TPSA) is 13.1 Å². The maximum absolute atomic E-state index is 5.34. The van der Waals surface area contributed by atoms with Crippen molar-refractivity contribution in [2.75, 3.05) is 0 Å². The van der Waals surface area contributed by atoms with Gasteiger partial charge in [-0.2, -0.15) is 0 Å². The van der Waals surface area contributed by atoms with E-state index in [-0.39, 0.29) is 0 Å². The van der Waals surface area contributed by atoms with Crippen LogP contribution < -0.4 is 0 Å². The van der Waals surface area contributed by atoms with Gasteiger partial charge in [-0.15, -0.1) is 11.3 Å². The van der Waals surface area contributed by atoms with Crippen LogP contribution >= 0.6 is 11.3 Å². The van der Waals surface area contributed by atoms with Gasteiger partial charge in [0.25, 0.3) is 0 Å². The van der Waals surface area contributed by atoms with Crippen LogP contribution in [-0.4, -0.2) is 0 Å². The Morgan fingerprint density at radius 1 is 0.958 bits per heavy atom. The molecular formula is C22H26OS. The smallest absolute Gasteiger partial charge is 0.111 e. The fraction of sp³-hybridized carbons (Fsp3) is 0.364. The first-order valence-corrected chi connectivity index (χ1v) is 9.66. The molecule has 0 unspecified atom stereocenters. The Bertz CT molecular complexity index is 832. The highest BCUT2D eigenvalue weighted by Gasteiger charge is 2.14. The van der Waals surface area contributed by atoms with Gasteiger partial charge in [-0.25, -0.2) is 0 Å². The minimum atomic E-state index is 0.634. The van der Waals surface area contributed by atoms with Crippen LogP contribution in [0.3, 0.4) is 0 Å². The molecule has 2 heterocycles. The molecule has 0 saturated heterocycles. The van der Waals surface area contributed by atoms with Crippen LogP contribution in [0.1, 0.15) is 56.9 Å². The maximum atomic E-state index is 5.34. The summed E-state index contributed by atoms with van der Waals surface area (Å²) in [4.78, 5) is 0. The fourth-order valence-electron chi connectivity index (χ4n) is 3.01. The summed E-state index contributed by atoms with van der Waals surface area (Å²) in [6.07, 6.45) is 6.29. The number of fused-ring (bicyclic) bond motifs is 2. The van der Waals surface area contributed by atoms with Crippen LogP contribution in [0.5, 0.6) is 0 Å². The number of aryl methyl sites for hydroxylation is 1. The van der Waals surface area contributed by atoms with E-state index in [1.807, 2.05) is 11.3 Å². The third-order valence-electron chi connectivity index (χ3n) is 4.65. The van der Waals surface area contributed by atoms with E-state index in [0.29, 0.717) is 11.8 Å². The Labute approximate surface area is 149 Å². The molecule has 126 valence electrons. The SMILES string of the molecule is CC(C)C1=Cc2ccoc2CC1.CC(C)c1ccc2sccc2c1. The lowest BCUT2D eigenvalue weighted by atomic mass is 9.91. The van der Waals surface area contributed by atoms with E-state index in [0.717, 1.165) is 18.6 Å². The molecule has 0 fully saturated rings. The first-order valence-electron chi connectivity index (χ1n) is 8.78. The Kier molecular flexibility index (Phi) is 5.25. The Morgan fingerprint density at radius 3 is 2.54 bits per heavy atom. The van der Waals surface area contributed by atoms with E-state index in [1.165, 1.54) is 21.2 Å². The number of hydrogen-bond donors (Lipinski definition) is 0. The molecule has 0 amide bonds. The highest BCUT2D eigenvalue weighted by atomic mass is 32.1. The van der Waals surface area contributed by atoms with Gasteiger partial charge >= 0.3 is 0 Å². The molecule has 0 atom stereocenters. The summed E-state index contributed by atoms with van der Waals surface area (Å²) < 4.78 is 6.73.